The van der Waals surface area contributed by atoms with Gasteiger partial charge in [0.25, 0.3) is 4.80 Å². The van der Waals surface area contributed by atoms with Gasteiger partial charge in [-0.2, -0.15) is 16.7 Å². The van der Waals surface area contributed by atoms with Crippen molar-refractivity contribution >= 4 is 27.7 Å². The second-order valence-corrected chi connectivity index (χ2v) is 5.37. The van der Waals surface area contributed by atoms with Gasteiger partial charge in [0.15, 0.2) is 5.82 Å². The summed E-state index contributed by atoms with van der Waals surface area (Å²) in [7, 11) is 0. The summed E-state index contributed by atoms with van der Waals surface area (Å²) < 4.78 is 4.93. The zero-order valence-corrected chi connectivity index (χ0v) is 9.82. The van der Waals surface area contributed by atoms with E-state index in [2.05, 4.69) is 33.0 Å². The molecule has 2 heterocycles. The topological polar surface area (TPSA) is 38.9 Å². The van der Waals surface area contributed by atoms with E-state index in [0.29, 0.717) is 4.80 Å². The van der Waals surface area contributed by atoms with Crippen LogP contribution in [0.4, 0.5) is 0 Å². The number of nitrogens with zero attached hydrogens (tertiary/aromatic N) is 2. The van der Waals surface area contributed by atoms with E-state index >= 15 is 0 Å². The van der Waals surface area contributed by atoms with Crippen molar-refractivity contribution in [3.05, 3.63) is 10.6 Å². The molecule has 1 aliphatic heterocycles. The summed E-state index contributed by atoms with van der Waals surface area (Å²) in [5, 5.41) is 3.96. The van der Waals surface area contributed by atoms with Gasteiger partial charge in [-0.05, 0) is 18.6 Å². The highest BCUT2D eigenvalue weighted by atomic mass is 79.9. The summed E-state index contributed by atoms with van der Waals surface area (Å²) in [6.07, 6.45) is 2.40. The second-order valence-electron chi connectivity index (χ2n) is 3.59. The van der Waals surface area contributed by atoms with Crippen molar-refractivity contribution in [2.45, 2.75) is 25.2 Å². The van der Waals surface area contributed by atoms with Gasteiger partial charge in [0, 0.05) is 27.1 Å². The Morgan fingerprint density at radius 2 is 2.46 bits per heavy atom. The molecule has 72 valence electrons. The van der Waals surface area contributed by atoms with Crippen molar-refractivity contribution < 1.29 is 4.52 Å². The molecule has 1 atom stereocenters. The van der Waals surface area contributed by atoms with Gasteiger partial charge in [-0.25, -0.2) is 0 Å². The summed E-state index contributed by atoms with van der Waals surface area (Å²) in [6, 6.07) is 0. The number of halogens is 1. The number of hydrogen-bond donors (Lipinski definition) is 0. The maximum absolute atomic E-state index is 4.93. The summed E-state index contributed by atoms with van der Waals surface area (Å²) in [6.45, 7) is 2.20. The van der Waals surface area contributed by atoms with Crippen molar-refractivity contribution in [3.63, 3.8) is 0 Å². The van der Waals surface area contributed by atoms with E-state index < -0.39 is 0 Å². The predicted octanol–water partition coefficient (Wildman–Crippen LogP) is 2.62. The van der Waals surface area contributed by atoms with Crippen molar-refractivity contribution in [2.24, 2.45) is 0 Å². The summed E-state index contributed by atoms with van der Waals surface area (Å²) >= 11 is 5.14. The average Bonchev–Trinajstić information content (AvgIpc) is 2.54. The molecule has 1 aromatic rings. The molecular formula is C8H11BrN2OS. The van der Waals surface area contributed by atoms with Crippen molar-refractivity contribution in [1.82, 2.24) is 10.1 Å². The van der Waals surface area contributed by atoms with Crippen LogP contribution in [0.15, 0.2) is 9.32 Å². The third kappa shape index (κ3) is 1.91. The van der Waals surface area contributed by atoms with Crippen LogP contribution >= 0.6 is 27.7 Å². The lowest BCUT2D eigenvalue weighted by molar-refractivity contribution is 0.363. The molecule has 0 saturated carbocycles. The molecule has 0 spiro atoms. The zero-order valence-electron chi connectivity index (χ0n) is 7.42. The smallest absolute Gasteiger partial charge is 0.293 e. The molecule has 1 aliphatic rings. The molecule has 0 aromatic carbocycles. The number of thioether (sulfide) groups is 1. The lowest BCUT2D eigenvalue weighted by Crippen LogP contribution is -2.30. The van der Waals surface area contributed by atoms with E-state index in [1.807, 2.05) is 11.8 Å². The van der Waals surface area contributed by atoms with Crippen molar-refractivity contribution in [3.8, 4) is 0 Å². The van der Waals surface area contributed by atoms with Gasteiger partial charge in [-0.3, -0.25) is 0 Å². The first kappa shape index (κ1) is 9.52. The predicted molar refractivity (Wildman–Crippen MR) is 55.9 cm³/mol. The minimum atomic E-state index is 0.110. The third-order valence-electron chi connectivity index (χ3n) is 2.38. The van der Waals surface area contributed by atoms with Gasteiger partial charge < -0.3 is 4.52 Å². The normalized spacial score (nSPS) is 29.1. The monoisotopic (exact) mass is 262 g/mol. The van der Waals surface area contributed by atoms with Gasteiger partial charge in [-0.15, -0.1) is 0 Å². The lowest BCUT2D eigenvalue weighted by Gasteiger charge is -2.29. The molecule has 0 radical (unpaired) electrons. The molecule has 1 fully saturated rings. The lowest BCUT2D eigenvalue weighted by atomic mass is 9.87. The fourth-order valence-corrected chi connectivity index (χ4v) is 3.02. The van der Waals surface area contributed by atoms with Crippen LogP contribution in [0.5, 0.6) is 0 Å². The van der Waals surface area contributed by atoms with Gasteiger partial charge in [0.1, 0.15) is 0 Å². The first-order chi connectivity index (χ1) is 6.21. The Labute approximate surface area is 89.8 Å². The van der Waals surface area contributed by atoms with E-state index in [0.717, 1.165) is 18.0 Å². The summed E-state index contributed by atoms with van der Waals surface area (Å²) in [5.74, 6) is 3.19. The van der Waals surface area contributed by atoms with Crippen LogP contribution in [-0.4, -0.2) is 21.6 Å². The van der Waals surface area contributed by atoms with E-state index in [1.165, 1.54) is 12.2 Å². The number of aromatic nitrogens is 2. The second kappa shape index (κ2) is 3.61. The Hall–Kier alpha value is -0.0300. The van der Waals surface area contributed by atoms with E-state index in [4.69, 9.17) is 4.52 Å². The molecule has 1 saturated heterocycles. The highest BCUT2D eigenvalue weighted by Crippen LogP contribution is 2.35. The van der Waals surface area contributed by atoms with Crippen LogP contribution in [0.1, 0.15) is 25.6 Å². The van der Waals surface area contributed by atoms with Gasteiger partial charge >= 0.3 is 0 Å². The molecule has 1 unspecified atom stereocenters. The molecule has 0 bridgehead atoms. The highest BCUT2D eigenvalue weighted by Gasteiger charge is 2.33. The van der Waals surface area contributed by atoms with Crippen LogP contribution < -0.4 is 0 Å². The van der Waals surface area contributed by atoms with Gasteiger partial charge in [0.05, 0.1) is 0 Å². The minimum absolute atomic E-state index is 0.110. The molecule has 0 aliphatic carbocycles. The fourth-order valence-electron chi connectivity index (χ4n) is 1.56. The number of rotatable bonds is 1. The molecular weight excluding hydrogens is 252 g/mol. The van der Waals surface area contributed by atoms with Crippen LogP contribution in [0, 0.1) is 0 Å². The van der Waals surface area contributed by atoms with E-state index in [-0.39, 0.29) is 5.41 Å². The van der Waals surface area contributed by atoms with Crippen LogP contribution in [0.3, 0.4) is 0 Å². The molecule has 3 nitrogen and oxygen atoms in total. The van der Waals surface area contributed by atoms with Gasteiger partial charge in [-0.1, -0.05) is 12.1 Å². The molecule has 0 amide bonds. The summed E-state index contributed by atoms with van der Waals surface area (Å²) in [5.41, 5.74) is 0.110. The van der Waals surface area contributed by atoms with Crippen molar-refractivity contribution in [1.29, 1.82) is 0 Å². The molecule has 2 rings (SSSR count). The Morgan fingerprint density at radius 1 is 1.62 bits per heavy atom. The van der Waals surface area contributed by atoms with Crippen LogP contribution in [0.2, 0.25) is 0 Å². The van der Waals surface area contributed by atoms with Gasteiger partial charge in [0.2, 0.25) is 0 Å². The van der Waals surface area contributed by atoms with Crippen LogP contribution in [0.25, 0.3) is 0 Å². The average molecular weight is 263 g/mol. The van der Waals surface area contributed by atoms with Crippen LogP contribution in [-0.2, 0) is 5.41 Å². The highest BCUT2D eigenvalue weighted by molar-refractivity contribution is 9.10. The number of hydrogen-bond acceptors (Lipinski definition) is 4. The SMILES string of the molecule is CC1(c2noc(Br)n2)CCCSC1. The maximum Gasteiger partial charge on any atom is 0.293 e. The quantitative estimate of drug-likeness (QED) is 0.780. The first-order valence-corrected chi connectivity index (χ1v) is 6.23. The maximum atomic E-state index is 4.93. The van der Waals surface area contributed by atoms with E-state index in [9.17, 15) is 0 Å². The Morgan fingerprint density at radius 3 is 3.00 bits per heavy atom. The standard InChI is InChI=1S/C8H11BrN2OS/c1-8(3-2-4-13-5-8)6-10-7(9)12-11-6/h2-5H2,1H3. The van der Waals surface area contributed by atoms with Crippen molar-refractivity contribution in [2.75, 3.05) is 11.5 Å². The largest absolute Gasteiger partial charge is 0.327 e. The fraction of sp³-hybridized carbons (Fsp3) is 0.750. The first-order valence-electron chi connectivity index (χ1n) is 4.28. The Kier molecular flexibility index (Phi) is 2.65. The molecule has 0 N–H and O–H groups in total. The summed E-state index contributed by atoms with van der Waals surface area (Å²) in [4.78, 5) is 4.72. The van der Waals surface area contributed by atoms with E-state index in [1.54, 1.807) is 0 Å². The minimum Gasteiger partial charge on any atom is -0.327 e. The zero-order chi connectivity index (χ0) is 9.31. The molecule has 1 aromatic heterocycles. The Bertz CT molecular complexity index is 296. The molecule has 13 heavy (non-hydrogen) atoms. The Balaban J connectivity index is 2.22. The third-order valence-corrected chi connectivity index (χ3v) is 4.12. The molecule has 5 heteroatoms.